The first-order valence-electron chi connectivity index (χ1n) is 24.2. The van der Waals surface area contributed by atoms with Gasteiger partial charge in [0, 0.05) is 37.6 Å². The molecule has 1 nitrogen and oxygen atoms in total. The van der Waals surface area contributed by atoms with Crippen LogP contribution in [0, 0.1) is 13.8 Å². The Morgan fingerprint density at radius 2 is 1.10 bits per heavy atom. The number of aryl methyl sites for hydroxylation is 2. The molecule has 0 fully saturated rings. The van der Waals surface area contributed by atoms with E-state index < -0.39 is 0 Å². The third kappa shape index (κ3) is 8.58. The molecule has 0 radical (unpaired) electrons. The van der Waals surface area contributed by atoms with E-state index in [1.807, 2.05) is 57.3 Å². The van der Waals surface area contributed by atoms with Crippen molar-refractivity contribution in [3.63, 3.8) is 0 Å². The van der Waals surface area contributed by atoms with E-state index in [9.17, 15) is 0 Å². The predicted octanol–water partition coefficient (Wildman–Crippen LogP) is 19.6. The van der Waals surface area contributed by atoms with E-state index in [0.29, 0.717) is 0 Å². The van der Waals surface area contributed by atoms with Gasteiger partial charge in [-0.2, -0.15) is 0 Å². The zero-order valence-corrected chi connectivity index (χ0v) is 41.4. The first kappa shape index (κ1) is 46.3. The molecule has 9 aromatic carbocycles. The summed E-state index contributed by atoms with van der Waals surface area (Å²) in [6, 6.07) is 77.3. The van der Waals surface area contributed by atoms with Crippen molar-refractivity contribution in [3.8, 4) is 33.4 Å². The van der Waals surface area contributed by atoms with Gasteiger partial charge in [-0.15, -0.1) is 11.3 Å². The summed E-state index contributed by atoms with van der Waals surface area (Å²) in [7, 11) is 0. The van der Waals surface area contributed by atoms with Crippen molar-refractivity contribution >= 4 is 49.3 Å². The number of hydrogen-bond donors (Lipinski definition) is 0. The molecule has 2 aliphatic rings. The standard InChI is InChI=1S/C46H31NS.C11H10.C8H12.C2H6/c1-30-13-12-20-37-36-18-8-10-21-40(36)46(44(30)37)41-29-35(27-28-38(41)43-39-19-9-11-22-42(39)48-45(43)46)47(33-16-6-3-7-17-33)34-25-23-32(24-26-34)31-14-4-2-5-15-31;1-9-5-4-7-10-6-2-3-8-11(9)10;1-4-6-8(3)7-5-2;1-2/h2-29H,1H3;2-8H,1H3;4-7H,1H2,2-3H3;1-2H3/b;;7-5-,8-6-;. The van der Waals surface area contributed by atoms with Crippen LogP contribution >= 0.6 is 11.3 Å². The van der Waals surface area contributed by atoms with Crippen LogP contribution in [0.2, 0.25) is 0 Å². The number of benzene rings is 9. The molecule has 0 bridgehead atoms. The zero-order valence-electron chi connectivity index (χ0n) is 40.6. The maximum absolute atomic E-state index is 3.57. The topological polar surface area (TPSA) is 3.24 Å². The van der Waals surface area contributed by atoms with Gasteiger partial charge in [-0.25, -0.2) is 0 Å². The molecule has 0 saturated heterocycles. The molecule has 1 heterocycles. The highest BCUT2D eigenvalue weighted by Gasteiger charge is 2.54. The number of nitrogens with zero attached hydrogens (tertiary/aromatic N) is 1. The molecule has 1 atom stereocenters. The molecule has 1 unspecified atom stereocenters. The van der Waals surface area contributed by atoms with Crippen molar-refractivity contribution in [1.82, 2.24) is 0 Å². The van der Waals surface area contributed by atoms with E-state index in [-0.39, 0.29) is 5.41 Å². The number of fused-ring (bicyclic) bond motifs is 13. The Bertz CT molecular complexity index is 3460. The highest BCUT2D eigenvalue weighted by molar-refractivity contribution is 7.20. The molecule has 0 N–H and O–H groups in total. The van der Waals surface area contributed by atoms with Crippen molar-refractivity contribution in [3.05, 3.63) is 281 Å². The summed E-state index contributed by atoms with van der Waals surface area (Å²) in [5.74, 6) is 0. The normalized spacial score (nSPS) is 13.8. The molecule has 1 spiro atoms. The van der Waals surface area contributed by atoms with E-state index in [0.717, 1.165) is 17.1 Å². The van der Waals surface area contributed by atoms with Crippen molar-refractivity contribution in [2.24, 2.45) is 0 Å². The van der Waals surface area contributed by atoms with Crippen molar-refractivity contribution in [2.75, 3.05) is 4.90 Å². The minimum absolute atomic E-state index is 0.388. The summed E-state index contributed by atoms with van der Waals surface area (Å²) in [5.41, 5.74) is 19.0. The van der Waals surface area contributed by atoms with Crippen LogP contribution in [0.3, 0.4) is 0 Å². The Kier molecular flexibility index (Phi) is 13.8. The first-order valence-corrected chi connectivity index (χ1v) is 25.0. The fraction of sp³-hybridized carbons (Fsp3) is 0.104. The second kappa shape index (κ2) is 20.6. The van der Waals surface area contributed by atoms with Gasteiger partial charge in [0.2, 0.25) is 0 Å². The first-order chi connectivity index (χ1) is 33.9. The molecule has 12 rings (SSSR count). The van der Waals surface area contributed by atoms with Crippen LogP contribution in [-0.2, 0) is 5.41 Å². The van der Waals surface area contributed by atoms with Gasteiger partial charge in [0.15, 0.2) is 0 Å². The second-order valence-corrected chi connectivity index (χ2v) is 18.4. The fourth-order valence-corrected chi connectivity index (χ4v) is 11.8. The number of anilines is 3. The van der Waals surface area contributed by atoms with E-state index in [4.69, 9.17) is 0 Å². The van der Waals surface area contributed by atoms with Gasteiger partial charge in [0.05, 0.1) is 5.41 Å². The van der Waals surface area contributed by atoms with Crippen LogP contribution in [0.15, 0.2) is 249 Å². The lowest BCUT2D eigenvalue weighted by molar-refractivity contribution is 0.803. The summed E-state index contributed by atoms with van der Waals surface area (Å²) < 4.78 is 1.35. The number of allylic oxidation sites excluding steroid dienone is 5. The number of rotatable bonds is 6. The number of thiophene rings is 1. The van der Waals surface area contributed by atoms with E-state index in [1.165, 1.54) is 92.5 Å². The summed E-state index contributed by atoms with van der Waals surface area (Å²) in [6.07, 6.45) is 7.81. The van der Waals surface area contributed by atoms with Gasteiger partial charge in [-0.1, -0.05) is 220 Å². The Balaban J connectivity index is 0.000000235. The van der Waals surface area contributed by atoms with Crippen LogP contribution < -0.4 is 4.90 Å². The summed E-state index contributed by atoms with van der Waals surface area (Å²) in [6.45, 7) is 16.1. The number of hydrogen-bond acceptors (Lipinski definition) is 2. The molecule has 0 saturated carbocycles. The molecule has 2 aliphatic carbocycles. The minimum Gasteiger partial charge on any atom is -0.310 e. The third-order valence-electron chi connectivity index (χ3n) is 13.2. The largest absolute Gasteiger partial charge is 0.310 e. The average Bonchev–Trinajstić information content (AvgIpc) is 4.03. The summed E-state index contributed by atoms with van der Waals surface area (Å²) >= 11 is 1.97. The molecule has 1 aromatic heterocycles. The van der Waals surface area contributed by atoms with Crippen molar-refractivity contribution in [2.45, 2.75) is 47.0 Å². The van der Waals surface area contributed by atoms with Crippen molar-refractivity contribution < 1.29 is 0 Å². The van der Waals surface area contributed by atoms with Gasteiger partial charge in [-0.05, 0) is 137 Å². The Morgan fingerprint density at radius 1 is 0.522 bits per heavy atom. The quantitative estimate of drug-likeness (QED) is 0.150. The lowest BCUT2D eigenvalue weighted by Crippen LogP contribution is -2.26. The van der Waals surface area contributed by atoms with Crippen LogP contribution in [0.5, 0.6) is 0 Å². The predicted molar refractivity (Wildman–Crippen MR) is 302 cm³/mol. The molecule has 2 heteroatoms. The lowest BCUT2D eigenvalue weighted by Gasteiger charge is -2.32. The third-order valence-corrected chi connectivity index (χ3v) is 14.5. The molecular formula is C67H59NS. The molecular weight excluding hydrogens is 851 g/mol. The highest BCUT2D eigenvalue weighted by atomic mass is 32.1. The van der Waals surface area contributed by atoms with Gasteiger partial charge in [-0.3, -0.25) is 0 Å². The molecule has 0 aliphatic heterocycles. The van der Waals surface area contributed by atoms with Gasteiger partial charge in [0.25, 0.3) is 0 Å². The van der Waals surface area contributed by atoms with Crippen LogP contribution in [0.25, 0.3) is 54.2 Å². The molecule has 69 heavy (non-hydrogen) atoms. The van der Waals surface area contributed by atoms with Gasteiger partial charge >= 0.3 is 0 Å². The SMILES string of the molecule is C=C/C=C(C)\C=C/C.CC.Cc1cccc2c1C1(c3ccccc3-2)c2cc(N(c3ccccc3)c3ccc(-c4ccccc4)cc3)ccc2-c2c1sc1ccccc21.Cc1cccc2ccccc12. The summed E-state index contributed by atoms with van der Waals surface area (Å²) in [4.78, 5) is 3.85. The van der Waals surface area contributed by atoms with Crippen LogP contribution in [0.1, 0.15) is 60.4 Å². The van der Waals surface area contributed by atoms with E-state index in [2.05, 4.69) is 238 Å². The highest BCUT2D eigenvalue weighted by Crippen LogP contribution is 2.67. The van der Waals surface area contributed by atoms with Crippen LogP contribution in [-0.4, -0.2) is 0 Å². The average molecular weight is 910 g/mol. The molecule has 0 amide bonds. The minimum atomic E-state index is -0.388. The summed E-state index contributed by atoms with van der Waals surface area (Å²) in [5, 5.41) is 4.03. The Hall–Kier alpha value is -7.78. The van der Waals surface area contributed by atoms with Gasteiger partial charge in [0.1, 0.15) is 0 Å². The van der Waals surface area contributed by atoms with Crippen LogP contribution in [0.4, 0.5) is 17.1 Å². The second-order valence-electron chi connectivity index (χ2n) is 17.4. The van der Waals surface area contributed by atoms with E-state index >= 15 is 0 Å². The Morgan fingerprint density at radius 3 is 1.84 bits per heavy atom. The maximum atomic E-state index is 3.57. The Labute approximate surface area is 413 Å². The number of para-hydroxylation sites is 1. The van der Waals surface area contributed by atoms with Crippen molar-refractivity contribution in [1.29, 1.82) is 0 Å². The monoisotopic (exact) mass is 909 g/mol. The maximum Gasteiger partial charge on any atom is 0.0822 e. The smallest absolute Gasteiger partial charge is 0.0822 e. The molecule has 10 aromatic rings. The van der Waals surface area contributed by atoms with Gasteiger partial charge < -0.3 is 4.90 Å². The zero-order chi connectivity index (χ0) is 47.9. The lowest BCUT2D eigenvalue weighted by atomic mass is 9.72. The molecule has 338 valence electrons. The fourth-order valence-electron chi connectivity index (χ4n) is 10.3. The van der Waals surface area contributed by atoms with E-state index in [1.54, 1.807) is 6.08 Å².